The van der Waals surface area contributed by atoms with Crippen LogP contribution in [0.3, 0.4) is 0 Å². The molecule has 1 heterocycles. The maximum Gasteiger partial charge on any atom is 0.308 e. The number of nitrogens with zero attached hydrogens (tertiary/aromatic N) is 2. The summed E-state index contributed by atoms with van der Waals surface area (Å²) in [5.41, 5.74) is 1.71. The Balaban J connectivity index is 1.57. The zero-order valence-electron chi connectivity index (χ0n) is 15.9. The maximum atomic E-state index is 12.2. The molecule has 0 spiro atoms. The third-order valence-corrected chi connectivity index (χ3v) is 4.10. The van der Waals surface area contributed by atoms with E-state index in [9.17, 15) is 4.79 Å². The van der Waals surface area contributed by atoms with Gasteiger partial charge in [0, 0.05) is 12.1 Å². The SMILES string of the molecule is COc1ccc(-c2nnc(C(=O)NCCc3ccc(OC)c(OC)c3)o2)cc1. The summed E-state index contributed by atoms with van der Waals surface area (Å²) < 4.78 is 21.1. The van der Waals surface area contributed by atoms with Crippen molar-refractivity contribution in [1.29, 1.82) is 0 Å². The molecule has 1 aromatic heterocycles. The van der Waals surface area contributed by atoms with Crippen molar-refractivity contribution in [3.8, 4) is 28.7 Å². The van der Waals surface area contributed by atoms with Crippen LogP contribution in [-0.2, 0) is 6.42 Å². The minimum absolute atomic E-state index is 0.0851. The summed E-state index contributed by atoms with van der Waals surface area (Å²) in [5, 5.41) is 10.5. The van der Waals surface area contributed by atoms with E-state index < -0.39 is 5.91 Å². The molecule has 0 aliphatic heterocycles. The molecule has 0 bridgehead atoms. The van der Waals surface area contributed by atoms with Crippen molar-refractivity contribution < 1.29 is 23.4 Å². The number of benzene rings is 2. The molecule has 0 atom stereocenters. The van der Waals surface area contributed by atoms with Gasteiger partial charge in [0.2, 0.25) is 5.89 Å². The Morgan fingerprint density at radius 3 is 2.39 bits per heavy atom. The van der Waals surface area contributed by atoms with E-state index in [1.807, 2.05) is 18.2 Å². The van der Waals surface area contributed by atoms with E-state index in [0.29, 0.717) is 30.0 Å². The smallest absolute Gasteiger partial charge is 0.308 e. The predicted molar refractivity (Wildman–Crippen MR) is 102 cm³/mol. The summed E-state index contributed by atoms with van der Waals surface area (Å²) in [6.45, 7) is 0.411. The van der Waals surface area contributed by atoms with Gasteiger partial charge < -0.3 is 23.9 Å². The van der Waals surface area contributed by atoms with Gasteiger partial charge in [-0.25, -0.2) is 0 Å². The molecule has 0 unspecified atom stereocenters. The highest BCUT2D eigenvalue weighted by Gasteiger charge is 2.15. The largest absolute Gasteiger partial charge is 0.497 e. The van der Waals surface area contributed by atoms with Gasteiger partial charge in [-0.3, -0.25) is 4.79 Å². The maximum absolute atomic E-state index is 12.2. The van der Waals surface area contributed by atoms with Crippen molar-refractivity contribution in [3.05, 3.63) is 53.9 Å². The van der Waals surface area contributed by atoms with Crippen molar-refractivity contribution in [3.63, 3.8) is 0 Å². The van der Waals surface area contributed by atoms with Crippen molar-refractivity contribution in [2.24, 2.45) is 0 Å². The Morgan fingerprint density at radius 2 is 1.71 bits per heavy atom. The first-order valence-electron chi connectivity index (χ1n) is 8.61. The number of rotatable bonds is 8. The normalized spacial score (nSPS) is 10.4. The molecule has 0 radical (unpaired) electrons. The summed E-state index contributed by atoms with van der Waals surface area (Å²) in [6, 6.07) is 12.7. The number of carbonyl (C=O) groups excluding carboxylic acids is 1. The fourth-order valence-corrected chi connectivity index (χ4v) is 2.60. The summed E-state index contributed by atoms with van der Waals surface area (Å²) >= 11 is 0. The third-order valence-electron chi connectivity index (χ3n) is 4.10. The first-order valence-corrected chi connectivity index (χ1v) is 8.61. The summed E-state index contributed by atoms with van der Waals surface area (Å²) in [7, 11) is 4.76. The van der Waals surface area contributed by atoms with E-state index >= 15 is 0 Å². The average Bonchev–Trinajstić information content (AvgIpc) is 3.24. The highest BCUT2D eigenvalue weighted by molar-refractivity contribution is 5.89. The van der Waals surface area contributed by atoms with Gasteiger partial charge in [-0.05, 0) is 48.4 Å². The summed E-state index contributed by atoms with van der Waals surface area (Å²) in [4.78, 5) is 12.2. The summed E-state index contributed by atoms with van der Waals surface area (Å²) in [5.74, 6) is 1.79. The van der Waals surface area contributed by atoms with Crippen LogP contribution >= 0.6 is 0 Å². The van der Waals surface area contributed by atoms with Crippen molar-refractivity contribution in [1.82, 2.24) is 15.5 Å². The van der Waals surface area contributed by atoms with Crippen LogP contribution in [0, 0.1) is 0 Å². The van der Waals surface area contributed by atoms with Crippen molar-refractivity contribution >= 4 is 5.91 Å². The van der Waals surface area contributed by atoms with Crippen molar-refractivity contribution in [2.45, 2.75) is 6.42 Å². The third kappa shape index (κ3) is 4.40. The van der Waals surface area contributed by atoms with Gasteiger partial charge in [-0.15, -0.1) is 10.2 Å². The molecule has 0 saturated carbocycles. The van der Waals surface area contributed by atoms with E-state index in [1.54, 1.807) is 45.6 Å². The molecule has 1 N–H and O–H groups in total. The number of nitrogens with one attached hydrogen (secondary N) is 1. The van der Waals surface area contributed by atoms with Crippen molar-refractivity contribution in [2.75, 3.05) is 27.9 Å². The highest BCUT2D eigenvalue weighted by Crippen LogP contribution is 2.27. The lowest BCUT2D eigenvalue weighted by atomic mass is 10.1. The Hall–Kier alpha value is -3.55. The molecule has 0 saturated heterocycles. The minimum atomic E-state index is -0.423. The second-order valence-corrected chi connectivity index (χ2v) is 5.84. The standard InChI is InChI=1S/C20H21N3O5/c1-25-15-7-5-14(6-8-15)19-22-23-20(28-19)18(24)21-11-10-13-4-9-16(26-2)17(12-13)27-3/h4-9,12H,10-11H2,1-3H3,(H,21,24). The zero-order chi connectivity index (χ0) is 19.9. The Bertz CT molecular complexity index is 937. The molecule has 0 aliphatic carbocycles. The number of methoxy groups -OCH3 is 3. The van der Waals surface area contributed by atoms with Crippen LogP contribution in [0.2, 0.25) is 0 Å². The first kappa shape index (κ1) is 19.2. The van der Waals surface area contributed by atoms with Crippen LogP contribution in [0.15, 0.2) is 46.9 Å². The lowest BCUT2D eigenvalue weighted by Crippen LogP contribution is -2.26. The molecule has 8 heteroatoms. The van der Waals surface area contributed by atoms with Crippen LogP contribution in [0.4, 0.5) is 0 Å². The summed E-state index contributed by atoms with van der Waals surface area (Å²) in [6.07, 6.45) is 0.617. The zero-order valence-corrected chi connectivity index (χ0v) is 15.9. The molecule has 3 rings (SSSR count). The lowest BCUT2D eigenvalue weighted by Gasteiger charge is -2.09. The second kappa shape index (κ2) is 8.90. The van der Waals surface area contributed by atoms with Crippen LogP contribution < -0.4 is 19.5 Å². The number of ether oxygens (including phenoxy) is 3. The minimum Gasteiger partial charge on any atom is -0.497 e. The van der Waals surface area contributed by atoms with Crippen LogP contribution in [0.25, 0.3) is 11.5 Å². The fourth-order valence-electron chi connectivity index (χ4n) is 2.60. The molecule has 146 valence electrons. The first-order chi connectivity index (χ1) is 13.6. The number of amides is 1. The van der Waals surface area contributed by atoms with E-state index in [-0.39, 0.29) is 11.8 Å². The molecule has 0 aliphatic rings. The second-order valence-electron chi connectivity index (χ2n) is 5.84. The number of hydrogen-bond acceptors (Lipinski definition) is 7. The van der Waals surface area contributed by atoms with Gasteiger partial charge >= 0.3 is 11.8 Å². The topological polar surface area (TPSA) is 95.7 Å². The van der Waals surface area contributed by atoms with E-state index in [1.165, 1.54) is 0 Å². The number of hydrogen-bond donors (Lipinski definition) is 1. The quantitative estimate of drug-likeness (QED) is 0.639. The van der Waals surface area contributed by atoms with Gasteiger partial charge in [0.25, 0.3) is 0 Å². The predicted octanol–water partition coefficient (Wildman–Crippen LogP) is 2.73. The molecule has 8 nitrogen and oxygen atoms in total. The highest BCUT2D eigenvalue weighted by atomic mass is 16.5. The fraction of sp³-hybridized carbons (Fsp3) is 0.250. The molecule has 1 amide bonds. The van der Waals surface area contributed by atoms with Crippen LogP contribution in [0.5, 0.6) is 17.2 Å². The molecule has 3 aromatic rings. The Morgan fingerprint density at radius 1 is 0.964 bits per heavy atom. The van der Waals surface area contributed by atoms with Gasteiger partial charge in [0.15, 0.2) is 11.5 Å². The van der Waals surface area contributed by atoms with Crippen LogP contribution in [0.1, 0.15) is 16.2 Å². The molecular formula is C20H21N3O5. The van der Waals surface area contributed by atoms with E-state index in [0.717, 1.165) is 11.3 Å². The molecule has 28 heavy (non-hydrogen) atoms. The average molecular weight is 383 g/mol. The lowest BCUT2D eigenvalue weighted by molar-refractivity contribution is 0.0920. The van der Waals surface area contributed by atoms with Crippen LogP contribution in [-0.4, -0.2) is 44.0 Å². The molecular weight excluding hydrogens is 362 g/mol. The number of carbonyl (C=O) groups is 1. The Kier molecular flexibility index (Phi) is 6.11. The van der Waals surface area contributed by atoms with Gasteiger partial charge in [0.1, 0.15) is 5.75 Å². The monoisotopic (exact) mass is 383 g/mol. The van der Waals surface area contributed by atoms with E-state index in [4.69, 9.17) is 18.6 Å². The molecule has 0 fully saturated rings. The van der Waals surface area contributed by atoms with Gasteiger partial charge in [-0.1, -0.05) is 6.07 Å². The Labute approximate surface area is 162 Å². The van der Waals surface area contributed by atoms with Gasteiger partial charge in [-0.2, -0.15) is 0 Å². The van der Waals surface area contributed by atoms with Gasteiger partial charge in [0.05, 0.1) is 21.3 Å². The molecule has 2 aromatic carbocycles. The number of aromatic nitrogens is 2. The van der Waals surface area contributed by atoms with E-state index in [2.05, 4.69) is 15.5 Å².